The van der Waals surface area contributed by atoms with Gasteiger partial charge in [0, 0.05) is 24.7 Å². The quantitative estimate of drug-likeness (QED) is 0.400. The van der Waals surface area contributed by atoms with E-state index in [0.29, 0.717) is 30.5 Å². The Morgan fingerprint density at radius 2 is 1.91 bits per heavy atom. The van der Waals surface area contributed by atoms with Crippen LogP contribution < -0.4 is 11.1 Å². The van der Waals surface area contributed by atoms with Crippen molar-refractivity contribution in [3.8, 4) is 0 Å². The number of amidine groups is 1. The summed E-state index contributed by atoms with van der Waals surface area (Å²) in [6.07, 6.45) is 1.07. The van der Waals surface area contributed by atoms with Gasteiger partial charge in [-0.05, 0) is 42.5 Å². The zero-order chi connectivity index (χ0) is 24.5. The van der Waals surface area contributed by atoms with E-state index in [9.17, 15) is 18.0 Å². The van der Waals surface area contributed by atoms with Crippen LogP contribution in [0.4, 0.5) is 0 Å². The van der Waals surface area contributed by atoms with Gasteiger partial charge in [0.25, 0.3) is 0 Å². The van der Waals surface area contributed by atoms with Crippen LogP contribution in [0.1, 0.15) is 35.1 Å². The molecule has 0 saturated carbocycles. The molecule has 2 atom stereocenters. The van der Waals surface area contributed by atoms with Gasteiger partial charge in [-0.15, -0.1) is 0 Å². The Labute approximate surface area is 199 Å². The largest absolute Gasteiger partial charge is 0.384 e. The van der Waals surface area contributed by atoms with E-state index in [0.717, 1.165) is 11.1 Å². The van der Waals surface area contributed by atoms with Crippen molar-refractivity contribution in [2.75, 3.05) is 13.1 Å². The van der Waals surface area contributed by atoms with Crippen molar-refractivity contribution >= 4 is 27.7 Å². The summed E-state index contributed by atoms with van der Waals surface area (Å²) in [5.41, 5.74) is 8.63. The Kier molecular flexibility index (Phi) is 6.72. The van der Waals surface area contributed by atoms with Gasteiger partial charge in [-0.25, -0.2) is 8.42 Å². The summed E-state index contributed by atoms with van der Waals surface area (Å²) in [6.45, 7) is 2.14. The lowest BCUT2D eigenvalue weighted by Crippen LogP contribution is -2.59. The third kappa shape index (κ3) is 4.97. The number of benzene rings is 2. The molecule has 4 rings (SSSR count). The van der Waals surface area contributed by atoms with E-state index in [2.05, 4.69) is 5.32 Å². The van der Waals surface area contributed by atoms with Crippen LogP contribution in [0, 0.1) is 12.3 Å². The van der Waals surface area contributed by atoms with Crippen molar-refractivity contribution in [1.29, 1.82) is 5.41 Å². The fraction of sp³-hybridized carbons (Fsp3) is 0.375. The highest BCUT2D eigenvalue weighted by Crippen LogP contribution is 2.30. The Hall–Kier alpha value is -3.24. The molecule has 2 amide bonds. The second kappa shape index (κ2) is 9.55. The standard InChI is InChI=1S/C24H29N5O4S/c1-16-11-18(23(25)26)7-8-19(16)12-27-24(31)21-10-9-20-13-28(14-22(30)29(20)21)34(32,33)15-17-5-3-2-4-6-17/h2-8,11,20-21H,9-10,12-15H2,1H3,(H3,25,26)(H,27,31)/t20-,21-/m0/s1. The zero-order valence-electron chi connectivity index (χ0n) is 19.0. The van der Waals surface area contributed by atoms with Gasteiger partial charge in [0.2, 0.25) is 21.8 Å². The minimum Gasteiger partial charge on any atom is -0.384 e. The normalized spacial score (nSPS) is 20.7. The summed E-state index contributed by atoms with van der Waals surface area (Å²) in [5, 5.41) is 10.4. The first-order valence-electron chi connectivity index (χ1n) is 11.2. The van der Waals surface area contributed by atoms with E-state index in [4.69, 9.17) is 11.1 Å². The van der Waals surface area contributed by atoms with Crippen LogP contribution in [0.25, 0.3) is 0 Å². The van der Waals surface area contributed by atoms with Crippen molar-refractivity contribution in [3.05, 3.63) is 70.8 Å². The Morgan fingerprint density at radius 1 is 1.18 bits per heavy atom. The van der Waals surface area contributed by atoms with E-state index in [1.165, 1.54) is 4.31 Å². The van der Waals surface area contributed by atoms with Crippen LogP contribution in [0.3, 0.4) is 0 Å². The van der Waals surface area contributed by atoms with E-state index < -0.39 is 16.1 Å². The monoisotopic (exact) mass is 483 g/mol. The molecule has 2 fully saturated rings. The maximum atomic E-state index is 12.9. The van der Waals surface area contributed by atoms with Crippen molar-refractivity contribution in [2.24, 2.45) is 5.73 Å². The van der Waals surface area contributed by atoms with Crippen LogP contribution in [0.15, 0.2) is 48.5 Å². The molecule has 9 nitrogen and oxygen atoms in total. The lowest BCUT2D eigenvalue weighted by Gasteiger charge is -2.38. The lowest BCUT2D eigenvalue weighted by molar-refractivity contribution is -0.143. The first kappa shape index (κ1) is 23.9. The fourth-order valence-corrected chi connectivity index (χ4v) is 6.18. The maximum Gasteiger partial charge on any atom is 0.243 e. The highest BCUT2D eigenvalue weighted by Gasteiger charge is 2.46. The molecule has 0 unspecified atom stereocenters. The summed E-state index contributed by atoms with van der Waals surface area (Å²) in [5.74, 6) is -0.752. The van der Waals surface area contributed by atoms with Gasteiger partial charge in [-0.2, -0.15) is 4.31 Å². The first-order valence-corrected chi connectivity index (χ1v) is 12.8. The van der Waals surface area contributed by atoms with E-state index in [1.807, 2.05) is 19.1 Å². The number of rotatable bonds is 7. The molecule has 180 valence electrons. The van der Waals surface area contributed by atoms with E-state index in [-0.39, 0.29) is 42.5 Å². The smallest absolute Gasteiger partial charge is 0.243 e. The molecule has 2 aliphatic heterocycles. The van der Waals surface area contributed by atoms with Crippen molar-refractivity contribution in [2.45, 2.75) is 44.1 Å². The van der Waals surface area contributed by atoms with Gasteiger partial charge in [-0.3, -0.25) is 15.0 Å². The number of sulfonamides is 1. The van der Waals surface area contributed by atoms with Gasteiger partial charge < -0.3 is 16.0 Å². The number of aryl methyl sites for hydroxylation is 1. The fourth-order valence-electron chi connectivity index (χ4n) is 4.68. The molecule has 2 aromatic rings. The summed E-state index contributed by atoms with van der Waals surface area (Å²) >= 11 is 0. The number of nitrogens with one attached hydrogen (secondary N) is 2. The number of piperazine rings is 1. The SMILES string of the molecule is Cc1cc(C(=N)N)ccc1CNC(=O)[C@@H]1CC[C@H]2CN(S(=O)(=O)Cc3ccccc3)CC(=O)N21. The van der Waals surface area contributed by atoms with Crippen LogP contribution in [-0.4, -0.2) is 60.4 Å². The minimum atomic E-state index is -3.65. The minimum absolute atomic E-state index is 0.0147. The highest BCUT2D eigenvalue weighted by atomic mass is 32.2. The zero-order valence-corrected chi connectivity index (χ0v) is 19.8. The van der Waals surface area contributed by atoms with Crippen molar-refractivity contribution in [1.82, 2.24) is 14.5 Å². The molecule has 2 heterocycles. The second-order valence-electron chi connectivity index (χ2n) is 8.86. The third-order valence-corrected chi connectivity index (χ3v) is 8.27. The molecule has 0 radical (unpaired) electrons. The van der Waals surface area contributed by atoms with E-state index in [1.54, 1.807) is 41.3 Å². The highest BCUT2D eigenvalue weighted by molar-refractivity contribution is 7.88. The van der Waals surface area contributed by atoms with Gasteiger partial charge in [0.15, 0.2) is 0 Å². The molecular formula is C24H29N5O4S. The van der Waals surface area contributed by atoms with Crippen LogP contribution in [-0.2, 0) is 31.9 Å². The summed E-state index contributed by atoms with van der Waals surface area (Å²) in [6, 6.07) is 13.3. The third-order valence-electron chi connectivity index (χ3n) is 6.51. The number of amides is 2. The molecule has 0 spiro atoms. The van der Waals surface area contributed by atoms with Gasteiger partial charge in [-0.1, -0.05) is 42.5 Å². The number of nitrogen functional groups attached to an aromatic ring is 1. The average molecular weight is 484 g/mol. The predicted molar refractivity (Wildman–Crippen MR) is 128 cm³/mol. The van der Waals surface area contributed by atoms with Crippen LogP contribution >= 0.6 is 0 Å². The van der Waals surface area contributed by atoms with Gasteiger partial charge in [0.1, 0.15) is 11.9 Å². The molecule has 34 heavy (non-hydrogen) atoms. The van der Waals surface area contributed by atoms with Crippen molar-refractivity contribution < 1.29 is 18.0 Å². The molecular weight excluding hydrogens is 454 g/mol. The molecule has 0 bridgehead atoms. The molecule has 0 aliphatic carbocycles. The van der Waals surface area contributed by atoms with Crippen LogP contribution in [0.2, 0.25) is 0 Å². The van der Waals surface area contributed by atoms with Gasteiger partial charge >= 0.3 is 0 Å². The van der Waals surface area contributed by atoms with Crippen LogP contribution in [0.5, 0.6) is 0 Å². The summed E-state index contributed by atoms with van der Waals surface area (Å²) in [7, 11) is -3.65. The first-order chi connectivity index (χ1) is 16.2. The number of carbonyl (C=O) groups is 2. The Balaban J connectivity index is 1.39. The molecule has 2 aromatic carbocycles. The summed E-state index contributed by atoms with van der Waals surface area (Å²) < 4.78 is 27.1. The topological polar surface area (TPSA) is 137 Å². The number of hydrogen-bond donors (Lipinski definition) is 3. The predicted octanol–water partition coefficient (Wildman–Crippen LogP) is 1.10. The summed E-state index contributed by atoms with van der Waals surface area (Å²) in [4.78, 5) is 27.4. The molecule has 2 aliphatic rings. The average Bonchev–Trinajstić information content (AvgIpc) is 3.23. The number of nitrogens with two attached hydrogens (primary N) is 1. The Bertz CT molecular complexity index is 1220. The number of nitrogens with zero attached hydrogens (tertiary/aromatic N) is 2. The number of fused-ring (bicyclic) bond motifs is 1. The number of carbonyl (C=O) groups excluding carboxylic acids is 2. The maximum absolute atomic E-state index is 12.9. The molecule has 4 N–H and O–H groups in total. The molecule has 10 heteroatoms. The lowest BCUT2D eigenvalue weighted by atomic mass is 10.0. The van der Waals surface area contributed by atoms with Gasteiger partial charge in [0.05, 0.1) is 12.3 Å². The molecule has 0 aromatic heterocycles. The number of hydrogen-bond acceptors (Lipinski definition) is 5. The van der Waals surface area contributed by atoms with Crippen molar-refractivity contribution in [3.63, 3.8) is 0 Å². The second-order valence-corrected chi connectivity index (χ2v) is 10.8. The molecule has 2 saturated heterocycles. The van der Waals surface area contributed by atoms with E-state index >= 15 is 0 Å². The Morgan fingerprint density at radius 3 is 2.59 bits per heavy atom.